The molecular formula is C72H58N4O. The van der Waals surface area contributed by atoms with Crippen molar-refractivity contribution in [3.05, 3.63) is 303 Å². The molecule has 3 unspecified atom stereocenters. The van der Waals surface area contributed by atoms with Crippen LogP contribution < -0.4 is 19.6 Å². The van der Waals surface area contributed by atoms with Crippen molar-refractivity contribution in [3.63, 3.8) is 0 Å². The Kier molecular flexibility index (Phi) is 13.1. The number of hydrogen-bond acceptors (Lipinski definition) is 5. The van der Waals surface area contributed by atoms with Crippen molar-refractivity contribution in [1.82, 2.24) is 0 Å². The second kappa shape index (κ2) is 21.3. The van der Waals surface area contributed by atoms with Gasteiger partial charge in [0.1, 0.15) is 11.2 Å². The zero-order valence-electron chi connectivity index (χ0n) is 42.8. The molecule has 0 saturated carbocycles. The number of benzene rings is 9. The second-order valence-electron chi connectivity index (χ2n) is 19.9. The summed E-state index contributed by atoms with van der Waals surface area (Å²) >= 11 is 0. The molecule has 0 radical (unpaired) electrons. The van der Waals surface area contributed by atoms with E-state index in [0.29, 0.717) is 0 Å². The summed E-state index contributed by atoms with van der Waals surface area (Å²) in [6, 6.07) is 81.4. The average molecular weight is 995 g/mol. The van der Waals surface area contributed by atoms with Crippen molar-refractivity contribution in [1.29, 1.82) is 0 Å². The van der Waals surface area contributed by atoms with E-state index in [2.05, 4.69) is 317 Å². The minimum absolute atomic E-state index is 0.0828. The molecule has 10 aromatic rings. The maximum absolute atomic E-state index is 7.38. The second-order valence-corrected chi connectivity index (χ2v) is 19.9. The minimum atomic E-state index is 0.0828. The summed E-state index contributed by atoms with van der Waals surface area (Å²) in [6.07, 6.45) is 29.5. The first-order chi connectivity index (χ1) is 38.2. The van der Waals surface area contributed by atoms with Crippen LogP contribution in [0.4, 0.5) is 56.9 Å². The molecule has 3 atom stereocenters. The summed E-state index contributed by atoms with van der Waals surface area (Å²) in [7, 11) is 0. The zero-order valence-corrected chi connectivity index (χ0v) is 42.8. The standard InChI is InChI=1S/C72H58N4O/c1-9-25-53(26-10-1)67-49-65(75(59-37-21-7-22-38-59)63-45-41-61(42-46-63)73(55-29-13-3-14-30-55)56-31-15-4-16-32-56)51-69-70-52-66(50-68(72(70)77-71(67)69)54-27-11-2-12-28-54)76(60-39-23-8-24-40-60)64-47-43-62(44-48-64)74(57-33-17-5-18-34-57)58-35-19-6-20-36-58/h1-27,29-35,37-39,41-52,54,58,60H,28,36,40H2. The molecule has 3 aliphatic carbocycles. The third-order valence-electron chi connectivity index (χ3n) is 15.1. The molecule has 9 aromatic carbocycles. The number of rotatable bonds is 14. The van der Waals surface area contributed by atoms with Gasteiger partial charge in [-0.1, -0.05) is 176 Å². The number of furan rings is 1. The largest absolute Gasteiger partial charge is 0.455 e. The number of para-hydroxylation sites is 4. The molecule has 372 valence electrons. The fourth-order valence-electron chi connectivity index (χ4n) is 11.5. The Morgan fingerprint density at radius 2 is 0.701 bits per heavy atom. The van der Waals surface area contributed by atoms with Gasteiger partial charge in [0.25, 0.3) is 0 Å². The number of anilines is 10. The highest BCUT2D eigenvalue weighted by molar-refractivity contribution is 6.13. The van der Waals surface area contributed by atoms with Crippen molar-refractivity contribution < 1.29 is 4.42 Å². The normalized spacial score (nSPS) is 16.5. The van der Waals surface area contributed by atoms with E-state index in [9.17, 15) is 0 Å². The van der Waals surface area contributed by atoms with Crippen molar-refractivity contribution >= 4 is 78.8 Å². The first-order valence-corrected chi connectivity index (χ1v) is 26.9. The van der Waals surface area contributed by atoms with Gasteiger partial charge in [0.05, 0.1) is 12.1 Å². The Morgan fingerprint density at radius 1 is 0.312 bits per heavy atom. The van der Waals surface area contributed by atoms with Crippen molar-refractivity contribution in [3.8, 4) is 11.1 Å². The third kappa shape index (κ3) is 9.49. The SMILES string of the molecule is C1=CCC(c2cc(N(c3ccc(N(c4ccccc4)C4C=CC=CC4)cc3)C3C=CC=CC3)cc3c2oc2c(-c4ccccc4)cc(N(c4ccccc4)c4ccc(N(c5ccccc5)c5ccccc5)cc4)cc23)C=C1. The van der Waals surface area contributed by atoms with Gasteiger partial charge in [-0.25, -0.2) is 0 Å². The summed E-state index contributed by atoms with van der Waals surface area (Å²) in [4.78, 5) is 9.69. The van der Waals surface area contributed by atoms with E-state index in [-0.39, 0.29) is 18.0 Å². The van der Waals surface area contributed by atoms with Crippen molar-refractivity contribution in [2.75, 3.05) is 19.6 Å². The van der Waals surface area contributed by atoms with Gasteiger partial charge in [0, 0.05) is 84.7 Å². The predicted octanol–water partition coefficient (Wildman–Crippen LogP) is 19.8. The Balaban J connectivity index is 0.992. The lowest BCUT2D eigenvalue weighted by molar-refractivity contribution is 0.658. The molecule has 0 bridgehead atoms. The van der Waals surface area contributed by atoms with Gasteiger partial charge in [0.15, 0.2) is 0 Å². The molecule has 13 rings (SSSR count). The summed E-state index contributed by atoms with van der Waals surface area (Å²) in [5.41, 5.74) is 16.1. The van der Waals surface area contributed by atoms with Gasteiger partial charge >= 0.3 is 0 Å². The van der Waals surface area contributed by atoms with Crippen LogP contribution in [0.25, 0.3) is 33.1 Å². The molecule has 1 aromatic heterocycles. The van der Waals surface area contributed by atoms with Gasteiger partial charge in [-0.15, -0.1) is 0 Å². The Bertz CT molecular complexity index is 3800. The smallest absolute Gasteiger partial charge is 0.143 e. The van der Waals surface area contributed by atoms with E-state index in [0.717, 1.165) is 104 Å². The highest BCUT2D eigenvalue weighted by Gasteiger charge is 2.28. The van der Waals surface area contributed by atoms with Crippen LogP contribution in [0.15, 0.2) is 302 Å². The van der Waals surface area contributed by atoms with Crippen molar-refractivity contribution in [2.45, 2.75) is 37.3 Å². The van der Waals surface area contributed by atoms with Crippen LogP contribution >= 0.6 is 0 Å². The number of allylic oxidation sites excluding steroid dienone is 8. The van der Waals surface area contributed by atoms with Gasteiger partial charge in [0.2, 0.25) is 0 Å². The zero-order chi connectivity index (χ0) is 51.3. The average Bonchev–Trinajstić information content (AvgIpc) is 3.97. The molecule has 77 heavy (non-hydrogen) atoms. The molecule has 5 nitrogen and oxygen atoms in total. The topological polar surface area (TPSA) is 26.1 Å². The molecule has 1 heterocycles. The summed E-state index contributed by atoms with van der Waals surface area (Å²) in [5, 5.41) is 2.15. The first-order valence-electron chi connectivity index (χ1n) is 26.9. The van der Waals surface area contributed by atoms with E-state index in [1.165, 1.54) is 11.3 Å². The summed E-state index contributed by atoms with van der Waals surface area (Å²) in [5.74, 6) is 0.122. The van der Waals surface area contributed by atoms with Crippen LogP contribution in [0.1, 0.15) is 30.7 Å². The summed E-state index contributed by atoms with van der Waals surface area (Å²) < 4.78 is 7.38. The Hall–Kier alpha value is -9.58. The number of hydrogen-bond donors (Lipinski definition) is 0. The van der Waals surface area contributed by atoms with Gasteiger partial charge < -0.3 is 24.0 Å². The fraction of sp³-hybridized carbons (Fsp3) is 0.0833. The third-order valence-corrected chi connectivity index (χ3v) is 15.1. The fourth-order valence-corrected chi connectivity index (χ4v) is 11.5. The predicted molar refractivity (Wildman–Crippen MR) is 325 cm³/mol. The Morgan fingerprint density at radius 3 is 1.18 bits per heavy atom. The van der Waals surface area contributed by atoms with Crippen LogP contribution in [0.3, 0.4) is 0 Å². The highest BCUT2D eigenvalue weighted by atomic mass is 16.3. The van der Waals surface area contributed by atoms with Crippen LogP contribution in [-0.2, 0) is 0 Å². The first kappa shape index (κ1) is 47.2. The lowest BCUT2D eigenvalue weighted by Gasteiger charge is -2.35. The minimum Gasteiger partial charge on any atom is -0.455 e. The molecule has 0 N–H and O–H groups in total. The van der Waals surface area contributed by atoms with Crippen LogP contribution in [0, 0.1) is 0 Å². The lowest BCUT2D eigenvalue weighted by atomic mass is 9.90. The van der Waals surface area contributed by atoms with Gasteiger partial charge in [-0.2, -0.15) is 0 Å². The van der Waals surface area contributed by atoms with Crippen LogP contribution in [-0.4, -0.2) is 12.1 Å². The van der Waals surface area contributed by atoms with E-state index in [4.69, 9.17) is 4.42 Å². The van der Waals surface area contributed by atoms with Gasteiger partial charge in [-0.3, -0.25) is 0 Å². The van der Waals surface area contributed by atoms with E-state index in [1.54, 1.807) is 0 Å². The monoisotopic (exact) mass is 994 g/mol. The Labute approximate surface area is 451 Å². The molecule has 0 fully saturated rings. The lowest BCUT2D eigenvalue weighted by Crippen LogP contribution is -2.31. The molecule has 3 aliphatic rings. The highest BCUT2D eigenvalue weighted by Crippen LogP contribution is 2.48. The molecule has 0 aliphatic heterocycles. The molecule has 0 spiro atoms. The van der Waals surface area contributed by atoms with Gasteiger partial charge in [-0.05, 0) is 146 Å². The summed E-state index contributed by atoms with van der Waals surface area (Å²) in [6.45, 7) is 0. The maximum atomic E-state index is 7.38. The van der Waals surface area contributed by atoms with Crippen LogP contribution in [0.5, 0.6) is 0 Å². The van der Waals surface area contributed by atoms with Crippen molar-refractivity contribution in [2.24, 2.45) is 0 Å². The number of nitrogens with zero attached hydrogens (tertiary/aromatic N) is 4. The number of fused-ring (bicyclic) bond motifs is 3. The molecular weight excluding hydrogens is 937 g/mol. The molecule has 0 saturated heterocycles. The molecule has 0 amide bonds. The van der Waals surface area contributed by atoms with E-state index in [1.807, 2.05) is 0 Å². The van der Waals surface area contributed by atoms with Crippen LogP contribution in [0.2, 0.25) is 0 Å². The molecule has 5 heteroatoms. The quantitative estimate of drug-likeness (QED) is 0.108. The van der Waals surface area contributed by atoms with E-state index >= 15 is 0 Å². The maximum Gasteiger partial charge on any atom is 0.143 e. The van der Waals surface area contributed by atoms with E-state index < -0.39 is 0 Å².